The molecule has 1 N–H and O–H groups in total. The molecule has 1 aromatic heterocycles. The normalized spacial score (nSPS) is 10.2. The van der Waals surface area contributed by atoms with Gasteiger partial charge in [-0.1, -0.05) is 30.0 Å². The average molecular weight is 247 g/mol. The molecule has 2 aromatic rings. The van der Waals surface area contributed by atoms with Gasteiger partial charge in [-0.3, -0.25) is 9.36 Å². The highest BCUT2D eigenvalue weighted by Crippen LogP contribution is 2.21. The summed E-state index contributed by atoms with van der Waals surface area (Å²) in [5.41, 5.74) is 1.48. The highest BCUT2D eigenvalue weighted by molar-refractivity contribution is 7.98. The average Bonchev–Trinajstić information content (AvgIpc) is 2.82. The lowest BCUT2D eigenvalue weighted by Crippen LogP contribution is -2.21. The number of carbonyl (C=O) groups is 1. The van der Waals surface area contributed by atoms with E-state index in [9.17, 15) is 4.79 Å². The zero-order chi connectivity index (χ0) is 12.3. The van der Waals surface area contributed by atoms with Gasteiger partial charge in [0, 0.05) is 12.7 Å². The van der Waals surface area contributed by atoms with Gasteiger partial charge in [0.15, 0.2) is 5.16 Å². The highest BCUT2D eigenvalue weighted by Gasteiger charge is 2.15. The number of para-hydroxylation sites is 1. The topological polar surface area (TPSA) is 46.9 Å². The van der Waals surface area contributed by atoms with Crippen LogP contribution in [0.4, 0.5) is 0 Å². The van der Waals surface area contributed by atoms with E-state index in [0.29, 0.717) is 5.69 Å². The van der Waals surface area contributed by atoms with Crippen molar-refractivity contribution in [3.63, 3.8) is 0 Å². The first kappa shape index (κ1) is 11.7. The van der Waals surface area contributed by atoms with Crippen LogP contribution in [-0.4, -0.2) is 28.8 Å². The van der Waals surface area contributed by atoms with Gasteiger partial charge in [0.2, 0.25) is 0 Å². The molecule has 1 amide bonds. The van der Waals surface area contributed by atoms with Gasteiger partial charge in [-0.25, -0.2) is 4.98 Å². The summed E-state index contributed by atoms with van der Waals surface area (Å²) in [6, 6.07) is 9.72. The summed E-state index contributed by atoms with van der Waals surface area (Å²) in [6.07, 6.45) is 3.53. The van der Waals surface area contributed by atoms with Crippen LogP contribution in [0, 0.1) is 0 Å². The number of thioether (sulfide) groups is 1. The van der Waals surface area contributed by atoms with E-state index in [1.165, 1.54) is 11.8 Å². The summed E-state index contributed by atoms with van der Waals surface area (Å²) in [4.78, 5) is 16.0. The van der Waals surface area contributed by atoms with Crippen LogP contribution in [0.3, 0.4) is 0 Å². The molecule has 0 bridgehead atoms. The number of amides is 1. The maximum absolute atomic E-state index is 11.8. The molecule has 0 aliphatic heterocycles. The van der Waals surface area contributed by atoms with Crippen molar-refractivity contribution >= 4 is 17.7 Å². The van der Waals surface area contributed by atoms with Crippen LogP contribution in [0.15, 0.2) is 41.7 Å². The fourth-order valence-corrected chi connectivity index (χ4v) is 2.14. The Morgan fingerprint density at radius 1 is 1.35 bits per heavy atom. The predicted molar refractivity (Wildman–Crippen MR) is 68.7 cm³/mol. The van der Waals surface area contributed by atoms with Gasteiger partial charge in [0.1, 0.15) is 5.69 Å². The van der Waals surface area contributed by atoms with Crippen LogP contribution in [0.5, 0.6) is 0 Å². The van der Waals surface area contributed by atoms with Gasteiger partial charge >= 0.3 is 0 Å². The Bertz CT molecular complexity index is 522. The molecule has 0 aliphatic rings. The molecule has 1 heterocycles. The Balaban J connectivity index is 2.58. The molecular formula is C12H13N3OS. The second kappa shape index (κ2) is 5.05. The third-order valence-corrected chi connectivity index (χ3v) is 3.04. The molecule has 0 unspecified atom stereocenters. The number of nitrogens with zero attached hydrogens (tertiary/aromatic N) is 2. The molecule has 88 valence electrons. The number of hydrogen-bond donors (Lipinski definition) is 1. The summed E-state index contributed by atoms with van der Waals surface area (Å²) in [5.74, 6) is -0.137. The van der Waals surface area contributed by atoms with Crippen LogP contribution in [0.2, 0.25) is 0 Å². The molecule has 0 atom stereocenters. The van der Waals surface area contributed by atoms with Gasteiger partial charge < -0.3 is 5.32 Å². The lowest BCUT2D eigenvalue weighted by Gasteiger charge is -2.09. The third kappa shape index (κ3) is 2.19. The Labute approximate surface area is 104 Å². The van der Waals surface area contributed by atoms with E-state index in [1.807, 2.05) is 41.2 Å². The Morgan fingerprint density at radius 3 is 2.65 bits per heavy atom. The lowest BCUT2D eigenvalue weighted by atomic mass is 10.3. The van der Waals surface area contributed by atoms with Crippen molar-refractivity contribution in [1.29, 1.82) is 0 Å². The summed E-state index contributed by atoms with van der Waals surface area (Å²) in [6.45, 7) is 0. The van der Waals surface area contributed by atoms with Crippen molar-refractivity contribution in [2.75, 3.05) is 13.3 Å². The van der Waals surface area contributed by atoms with Crippen LogP contribution >= 0.6 is 11.8 Å². The van der Waals surface area contributed by atoms with Crippen molar-refractivity contribution in [1.82, 2.24) is 14.9 Å². The van der Waals surface area contributed by atoms with Gasteiger partial charge in [-0.05, 0) is 18.4 Å². The van der Waals surface area contributed by atoms with Gasteiger partial charge in [0.25, 0.3) is 5.91 Å². The summed E-state index contributed by atoms with van der Waals surface area (Å²) >= 11 is 1.51. The van der Waals surface area contributed by atoms with E-state index in [1.54, 1.807) is 13.2 Å². The Kier molecular flexibility index (Phi) is 3.49. The van der Waals surface area contributed by atoms with E-state index in [0.717, 1.165) is 10.8 Å². The van der Waals surface area contributed by atoms with E-state index < -0.39 is 0 Å². The van der Waals surface area contributed by atoms with Crippen LogP contribution in [0.25, 0.3) is 5.69 Å². The van der Waals surface area contributed by atoms with E-state index in [4.69, 9.17) is 0 Å². The Morgan fingerprint density at radius 2 is 2.06 bits per heavy atom. The third-order valence-electron chi connectivity index (χ3n) is 2.39. The number of hydrogen-bond acceptors (Lipinski definition) is 3. The minimum atomic E-state index is -0.137. The highest BCUT2D eigenvalue weighted by atomic mass is 32.2. The zero-order valence-electron chi connectivity index (χ0n) is 9.68. The fraction of sp³-hybridized carbons (Fsp3) is 0.167. The molecule has 4 nitrogen and oxygen atoms in total. The van der Waals surface area contributed by atoms with Gasteiger partial charge in [0.05, 0.1) is 6.20 Å². The van der Waals surface area contributed by atoms with Crippen molar-refractivity contribution in [2.45, 2.75) is 5.16 Å². The van der Waals surface area contributed by atoms with E-state index >= 15 is 0 Å². The van der Waals surface area contributed by atoms with Crippen LogP contribution in [-0.2, 0) is 0 Å². The largest absolute Gasteiger partial charge is 0.354 e. The first-order valence-corrected chi connectivity index (χ1v) is 6.39. The molecule has 0 saturated heterocycles. The number of benzene rings is 1. The van der Waals surface area contributed by atoms with Gasteiger partial charge in [-0.2, -0.15) is 0 Å². The summed E-state index contributed by atoms with van der Waals surface area (Å²) < 4.78 is 1.85. The quantitative estimate of drug-likeness (QED) is 0.843. The van der Waals surface area contributed by atoms with E-state index in [-0.39, 0.29) is 5.91 Å². The van der Waals surface area contributed by atoms with E-state index in [2.05, 4.69) is 10.3 Å². The minimum absolute atomic E-state index is 0.137. The number of aromatic nitrogens is 2. The summed E-state index contributed by atoms with van der Waals surface area (Å²) in [7, 11) is 1.61. The molecule has 1 aromatic carbocycles. The van der Waals surface area contributed by atoms with Crippen LogP contribution < -0.4 is 5.32 Å². The second-order valence-corrected chi connectivity index (χ2v) is 4.15. The first-order chi connectivity index (χ1) is 8.27. The summed E-state index contributed by atoms with van der Waals surface area (Å²) in [5, 5.41) is 3.42. The fourth-order valence-electron chi connectivity index (χ4n) is 1.59. The molecular weight excluding hydrogens is 234 g/mol. The Hall–Kier alpha value is -1.75. The number of nitrogens with one attached hydrogen (secondary N) is 1. The smallest absolute Gasteiger partial charge is 0.269 e. The maximum atomic E-state index is 11.8. The van der Waals surface area contributed by atoms with Crippen molar-refractivity contribution < 1.29 is 4.79 Å². The van der Waals surface area contributed by atoms with Crippen molar-refractivity contribution in [2.24, 2.45) is 0 Å². The molecule has 0 aliphatic carbocycles. The zero-order valence-corrected chi connectivity index (χ0v) is 10.5. The monoisotopic (exact) mass is 247 g/mol. The lowest BCUT2D eigenvalue weighted by molar-refractivity contribution is 0.0956. The second-order valence-electron chi connectivity index (χ2n) is 3.38. The number of rotatable bonds is 3. The molecule has 17 heavy (non-hydrogen) atoms. The molecule has 2 rings (SSSR count). The standard InChI is InChI=1S/C12H13N3OS/c1-13-11(16)10-8-14-12(17-2)15(10)9-6-4-3-5-7-9/h3-8H,1-2H3,(H,13,16). The van der Waals surface area contributed by atoms with Crippen molar-refractivity contribution in [3.05, 3.63) is 42.2 Å². The SMILES string of the molecule is CNC(=O)c1cnc(SC)n1-c1ccccc1. The maximum Gasteiger partial charge on any atom is 0.269 e. The molecule has 0 spiro atoms. The molecule has 0 radical (unpaired) electrons. The number of imidazole rings is 1. The predicted octanol–water partition coefficient (Wildman–Crippen LogP) is 1.95. The first-order valence-electron chi connectivity index (χ1n) is 5.17. The molecule has 0 fully saturated rings. The van der Waals surface area contributed by atoms with Crippen LogP contribution in [0.1, 0.15) is 10.5 Å². The molecule has 5 heteroatoms. The molecule has 0 saturated carbocycles. The van der Waals surface area contributed by atoms with Crippen molar-refractivity contribution in [3.8, 4) is 5.69 Å². The number of carbonyl (C=O) groups excluding carboxylic acids is 1. The minimum Gasteiger partial charge on any atom is -0.354 e. The van der Waals surface area contributed by atoms with Gasteiger partial charge in [-0.15, -0.1) is 0 Å².